The first-order valence-corrected chi connectivity index (χ1v) is 6.91. The predicted octanol–water partition coefficient (Wildman–Crippen LogP) is 4.49. The lowest BCUT2D eigenvalue weighted by Crippen LogP contribution is -2.05. The van der Waals surface area contributed by atoms with Crippen LogP contribution < -0.4 is 4.74 Å². The summed E-state index contributed by atoms with van der Waals surface area (Å²) in [7, 11) is 0. The van der Waals surface area contributed by atoms with Crippen LogP contribution in [0.3, 0.4) is 0 Å². The number of hydrogen-bond donors (Lipinski definition) is 1. The SMILES string of the molecule is CCCOc1ccccc1C(O)c1ccc(C(F)F)cc1. The molecule has 2 aromatic carbocycles. The number of alkyl halides is 2. The van der Waals surface area contributed by atoms with Gasteiger partial charge in [-0.1, -0.05) is 49.4 Å². The van der Waals surface area contributed by atoms with Crippen molar-refractivity contribution in [3.8, 4) is 5.75 Å². The van der Waals surface area contributed by atoms with Crippen LogP contribution in [0.2, 0.25) is 0 Å². The van der Waals surface area contributed by atoms with Gasteiger partial charge >= 0.3 is 0 Å². The molecule has 1 unspecified atom stereocenters. The van der Waals surface area contributed by atoms with E-state index in [9.17, 15) is 13.9 Å². The maximum Gasteiger partial charge on any atom is 0.263 e. The summed E-state index contributed by atoms with van der Waals surface area (Å²) < 4.78 is 30.7. The van der Waals surface area contributed by atoms with Crippen molar-refractivity contribution in [1.82, 2.24) is 0 Å². The van der Waals surface area contributed by atoms with Gasteiger partial charge in [-0.05, 0) is 18.1 Å². The summed E-state index contributed by atoms with van der Waals surface area (Å²) in [6.45, 7) is 2.57. The van der Waals surface area contributed by atoms with E-state index in [2.05, 4.69) is 0 Å². The zero-order valence-corrected chi connectivity index (χ0v) is 11.8. The molecular weight excluding hydrogens is 274 g/mol. The van der Waals surface area contributed by atoms with Gasteiger partial charge in [-0.2, -0.15) is 0 Å². The topological polar surface area (TPSA) is 29.5 Å². The van der Waals surface area contributed by atoms with Gasteiger partial charge in [0, 0.05) is 11.1 Å². The molecule has 21 heavy (non-hydrogen) atoms. The molecule has 2 nitrogen and oxygen atoms in total. The van der Waals surface area contributed by atoms with E-state index in [0.717, 1.165) is 6.42 Å². The average Bonchev–Trinajstić information content (AvgIpc) is 2.52. The minimum atomic E-state index is -2.50. The van der Waals surface area contributed by atoms with Crippen LogP contribution in [0.25, 0.3) is 0 Å². The molecule has 0 aliphatic heterocycles. The molecule has 1 N–H and O–H groups in total. The second kappa shape index (κ2) is 7.18. The third-order valence-electron chi connectivity index (χ3n) is 3.18. The van der Waals surface area contributed by atoms with Gasteiger partial charge in [0.2, 0.25) is 0 Å². The average molecular weight is 292 g/mol. The largest absolute Gasteiger partial charge is 0.493 e. The summed E-state index contributed by atoms with van der Waals surface area (Å²) in [4.78, 5) is 0. The van der Waals surface area contributed by atoms with Crippen molar-refractivity contribution in [3.05, 3.63) is 65.2 Å². The highest BCUT2D eigenvalue weighted by atomic mass is 19.3. The molecule has 2 aromatic rings. The zero-order chi connectivity index (χ0) is 15.2. The Kier molecular flexibility index (Phi) is 5.28. The number of halogens is 2. The summed E-state index contributed by atoms with van der Waals surface area (Å²) in [5.74, 6) is 0.616. The Balaban J connectivity index is 2.24. The molecule has 0 spiro atoms. The normalized spacial score (nSPS) is 12.4. The Bertz CT molecular complexity index is 567. The number of ether oxygens (including phenoxy) is 1. The Labute approximate surface area is 123 Å². The van der Waals surface area contributed by atoms with Crippen LogP contribution in [0.1, 0.15) is 42.6 Å². The van der Waals surface area contributed by atoms with Crippen LogP contribution in [0.15, 0.2) is 48.5 Å². The standard InChI is InChI=1S/C17H18F2O2/c1-2-11-21-15-6-4-3-5-14(15)16(20)12-7-9-13(10-8-12)17(18)19/h3-10,16-17,20H,2,11H2,1H3. The van der Waals surface area contributed by atoms with E-state index in [4.69, 9.17) is 4.74 Å². The third-order valence-corrected chi connectivity index (χ3v) is 3.18. The van der Waals surface area contributed by atoms with Crippen molar-refractivity contribution in [2.24, 2.45) is 0 Å². The van der Waals surface area contributed by atoms with Crippen molar-refractivity contribution in [2.45, 2.75) is 25.9 Å². The minimum Gasteiger partial charge on any atom is -0.493 e. The monoisotopic (exact) mass is 292 g/mol. The van der Waals surface area contributed by atoms with Gasteiger partial charge in [0.25, 0.3) is 6.43 Å². The molecule has 0 saturated carbocycles. The number of benzene rings is 2. The number of aliphatic hydroxyl groups excluding tert-OH is 1. The molecule has 0 fully saturated rings. The molecule has 1 atom stereocenters. The molecular formula is C17H18F2O2. The van der Waals surface area contributed by atoms with E-state index in [1.54, 1.807) is 12.1 Å². The quantitative estimate of drug-likeness (QED) is 0.849. The molecule has 0 heterocycles. The molecule has 0 aliphatic carbocycles. The van der Waals surface area contributed by atoms with Crippen LogP contribution >= 0.6 is 0 Å². The fourth-order valence-electron chi connectivity index (χ4n) is 2.05. The summed E-state index contributed by atoms with van der Waals surface area (Å²) in [6, 6.07) is 12.9. The molecule has 0 radical (unpaired) electrons. The van der Waals surface area contributed by atoms with Gasteiger partial charge in [0.05, 0.1) is 6.61 Å². The van der Waals surface area contributed by atoms with Crippen LogP contribution in [-0.4, -0.2) is 11.7 Å². The number of hydrogen-bond acceptors (Lipinski definition) is 2. The van der Waals surface area contributed by atoms with E-state index in [1.165, 1.54) is 24.3 Å². The fourth-order valence-corrected chi connectivity index (χ4v) is 2.05. The van der Waals surface area contributed by atoms with E-state index in [-0.39, 0.29) is 5.56 Å². The molecule has 0 bridgehead atoms. The highest BCUT2D eigenvalue weighted by Gasteiger charge is 2.16. The van der Waals surface area contributed by atoms with Gasteiger partial charge in [-0.15, -0.1) is 0 Å². The highest BCUT2D eigenvalue weighted by molar-refractivity contribution is 5.40. The molecule has 0 amide bonds. The van der Waals surface area contributed by atoms with E-state index in [0.29, 0.717) is 23.5 Å². The molecule has 112 valence electrons. The first kappa shape index (κ1) is 15.4. The third kappa shape index (κ3) is 3.79. The van der Waals surface area contributed by atoms with Crippen molar-refractivity contribution in [3.63, 3.8) is 0 Å². The second-order valence-corrected chi connectivity index (χ2v) is 4.76. The summed E-state index contributed by atoms with van der Waals surface area (Å²) in [5, 5.41) is 10.4. The minimum absolute atomic E-state index is 0.0542. The molecule has 0 aromatic heterocycles. The number of aliphatic hydroxyl groups is 1. The van der Waals surface area contributed by atoms with E-state index in [1.807, 2.05) is 19.1 Å². The smallest absolute Gasteiger partial charge is 0.263 e. The molecule has 4 heteroatoms. The summed E-state index contributed by atoms with van der Waals surface area (Å²) >= 11 is 0. The van der Waals surface area contributed by atoms with E-state index >= 15 is 0 Å². The first-order chi connectivity index (χ1) is 10.1. The van der Waals surface area contributed by atoms with Crippen molar-refractivity contribution >= 4 is 0 Å². The Morgan fingerprint density at radius 2 is 1.62 bits per heavy atom. The van der Waals surface area contributed by atoms with Gasteiger partial charge in [0.1, 0.15) is 11.9 Å². The van der Waals surface area contributed by atoms with Gasteiger partial charge < -0.3 is 9.84 Å². The maximum absolute atomic E-state index is 12.5. The molecule has 2 rings (SSSR count). The van der Waals surface area contributed by atoms with Gasteiger partial charge in [-0.3, -0.25) is 0 Å². The first-order valence-electron chi connectivity index (χ1n) is 6.91. The summed E-state index contributed by atoms with van der Waals surface area (Å²) in [5.41, 5.74) is 1.14. The lowest BCUT2D eigenvalue weighted by Gasteiger charge is -2.16. The maximum atomic E-state index is 12.5. The van der Waals surface area contributed by atoms with Crippen molar-refractivity contribution in [2.75, 3.05) is 6.61 Å². The van der Waals surface area contributed by atoms with Crippen molar-refractivity contribution < 1.29 is 18.6 Å². The lowest BCUT2D eigenvalue weighted by molar-refractivity contribution is 0.151. The van der Waals surface area contributed by atoms with Crippen LogP contribution in [0.5, 0.6) is 5.75 Å². The summed E-state index contributed by atoms with van der Waals surface area (Å²) in [6.07, 6.45) is -2.53. The Hall–Kier alpha value is -1.94. The molecule has 0 aliphatic rings. The zero-order valence-electron chi connectivity index (χ0n) is 11.8. The Morgan fingerprint density at radius 3 is 2.24 bits per heavy atom. The highest BCUT2D eigenvalue weighted by Crippen LogP contribution is 2.31. The number of rotatable bonds is 6. The predicted molar refractivity (Wildman–Crippen MR) is 77.7 cm³/mol. The molecule has 0 saturated heterocycles. The fraction of sp³-hybridized carbons (Fsp3) is 0.294. The Morgan fingerprint density at radius 1 is 1.00 bits per heavy atom. The van der Waals surface area contributed by atoms with Crippen LogP contribution in [-0.2, 0) is 0 Å². The number of para-hydroxylation sites is 1. The van der Waals surface area contributed by atoms with Crippen molar-refractivity contribution in [1.29, 1.82) is 0 Å². The lowest BCUT2D eigenvalue weighted by atomic mass is 9.99. The van der Waals surface area contributed by atoms with Gasteiger partial charge in [0.15, 0.2) is 0 Å². The second-order valence-electron chi connectivity index (χ2n) is 4.76. The van der Waals surface area contributed by atoms with Crippen LogP contribution in [0.4, 0.5) is 8.78 Å². The van der Waals surface area contributed by atoms with Crippen LogP contribution in [0, 0.1) is 0 Å². The van der Waals surface area contributed by atoms with E-state index < -0.39 is 12.5 Å². The van der Waals surface area contributed by atoms with Gasteiger partial charge in [-0.25, -0.2) is 8.78 Å².